The summed E-state index contributed by atoms with van der Waals surface area (Å²) in [4.78, 5) is 23.7. The van der Waals surface area contributed by atoms with E-state index in [0.717, 1.165) is 0 Å². The fraction of sp³-hybridized carbons (Fsp3) is 0.579. The number of sulfonamides is 1. The molecule has 0 radical (unpaired) electrons. The van der Waals surface area contributed by atoms with E-state index in [2.05, 4.69) is 10.6 Å². The molecule has 158 valence electrons. The maximum absolute atomic E-state index is 12.4. The van der Waals surface area contributed by atoms with Gasteiger partial charge in [-0.25, -0.2) is 13.2 Å². The van der Waals surface area contributed by atoms with Crippen LogP contribution >= 0.6 is 0 Å². The van der Waals surface area contributed by atoms with Gasteiger partial charge in [0.2, 0.25) is 15.9 Å². The van der Waals surface area contributed by atoms with Gasteiger partial charge in [-0.3, -0.25) is 4.79 Å². The number of carbonyl (C=O) groups excluding carboxylic acids is 2. The first-order valence-corrected chi connectivity index (χ1v) is 10.6. The number of rotatable bonds is 8. The van der Waals surface area contributed by atoms with E-state index in [1.807, 2.05) is 0 Å². The summed E-state index contributed by atoms with van der Waals surface area (Å²) in [7, 11) is -2.03. The molecular formula is C19H31N3O5S. The Bertz CT molecular complexity index is 768. The predicted molar refractivity (Wildman–Crippen MR) is 109 cm³/mol. The van der Waals surface area contributed by atoms with Crippen LogP contribution in [0.1, 0.15) is 47.5 Å². The zero-order chi connectivity index (χ0) is 21.5. The molecule has 0 bridgehead atoms. The maximum atomic E-state index is 12.4. The molecule has 8 nitrogen and oxygen atoms in total. The molecule has 2 N–H and O–H groups in total. The first-order chi connectivity index (χ1) is 12.8. The molecule has 2 amide bonds. The monoisotopic (exact) mass is 413 g/mol. The van der Waals surface area contributed by atoms with Gasteiger partial charge in [-0.15, -0.1) is 0 Å². The molecule has 0 unspecified atom stereocenters. The van der Waals surface area contributed by atoms with Crippen molar-refractivity contribution in [3.05, 3.63) is 24.3 Å². The molecule has 28 heavy (non-hydrogen) atoms. The number of amides is 2. The van der Waals surface area contributed by atoms with E-state index in [1.54, 1.807) is 46.8 Å². The van der Waals surface area contributed by atoms with Crippen molar-refractivity contribution in [3.8, 4) is 0 Å². The fourth-order valence-corrected chi connectivity index (χ4v) is 3.50. The Hall–Kier alpha value is -2.13. The highest BCUT2D eigenvalue weighted by Gasteiger charge is 2.22. The molecule has 0 saturated heterocycles. The second-order valence-corrected chi connectivity index (χ2v) is 9.72. The van der Waals surface area contributed by atoms with Crippen LogP contribution < -0.4 is 10.6 Å². The van der Waals surface area contributed by atoms with Gasteiger partial charge < -0.3 is 15.4 Å². The Kier molecular flexibility index (Phi) is 8.44. The zero-order valence-corrected chi connectivity index (χ0v) is 18.2. The van der Waals surface area contributed by atoms with E-state index < -0.39 is 21.7 Å². The van der Waals surface area contributed by atoms with Crippen molar-refractivity contribution in [2.75, 3.05) is 18.9 Å². The van der Waals surface area contributed by atoms with Crippen LogP contribution in [0.5, 0.6) is 0 Å². The number of anilines is 1. The topological polar surface area (TPSA) is 105 Å². The summed E-state index contributed by atoms with van der Waals surface area (Å²) in [6, 6.07) is 5.89. The van der Waals surface area contributed by atoms with Gasteiger partial charge >= 0.3 is 6.09 Å². The van der Waals surface area contributed by atoms with Gasteiger partial charge in [0.1, 0.15) is 5.60 Å². The molecule has 0 aliphatic carbocycles. The Labute approximate surface area is 167 Å². The molecule has 0 aliphatic heterocycles. The van der Waals surface area contributed by atoms with Gasteiger partial charge in [-0.1, -0.05) is 0 Å². The van der Waals surface area contributed by atoms with Crippen molar-refractivity contribution in [3.63, 3.8) is 0 Å². The van der Waals surface area contributed by atoms with Crippen molar-refractivity contribution in [2.24, 2.45) is 0 Å². The van der Waals surface area contributed by atoms with E-state index in [-0.39, 0.29) is 23.3 Å². The number of hydrogen-bond donors (Lipinski definition) is 2. The lowest BCUT2D eigenvalue weighted by Gasteiger charge is -2.21. The van der Waals surface area contributed by atoms with E-state index in [1.165, 1.54) is 23.5 Å². The average molecular weight is 414 g/mol. The van der Waals surface area contributed by atoms with Gasteiger partial charge in [0.15, 0.2) is 0 Å². The van der Waals surface area contributed by atoms with Crippen LogP contribution in [0.3, 0.4) is 0 Å². The van der Waals surface area contributed by atoms with Gasteiger partial charge in [0.25, 0.3) is 0 Å². The highest BCUT2D eigenvalue weighted by molar-refractivity contribution is 7.89. The Balaban J connectivity index is 2.48. The van der Waals surface area contributed by atoms with Crippen molar-refractivity contribution in [1.82, 2.24) is 9.62 Å². The van der Waals surface area contributed by atoms with Crippen LogP contribution in [0.4, 0.5) is 10.5 Å². The number of carbonyl (C=O) groups is 2. The Morgan fingerprint density at radius 1 is 1.14 bits per heavy atom. The second kappa shape index (κ2) is 9.88. The lowest BCUT2D eigenvalue weighted by atomic mass is 10.2. The van der Waals surface area contributed by atoms with Crippen molar-refractivity contribution >= 4 is 27.7 Å². The SMILES string of the molecule is CC(C)N(C)S(=O)(=O)c1ccc(NC(=O)CCCNC(=O)OC(C)(C)C)cc1. The molecule has 0 spiro atoms. The zero-order valence-electron chi connectivity index (χ0n) is 17.4. The van der Waals surface area contributed by atoms with Crippen LogP contribution in [0.25, 0.3) is 0 Å². The third-order valence-corrected chi connectivity index (χ3v) is 5.84. The largest absolute Gasteiger partial charge is 0.444 e. The Morgan fingerprint density at radius 3 is 2.21 bits per heavy atom. The molecule has 0 heterocycles. The van der Waals surface area contributed by atoms with Gasteiger partial charge in [-0.05, 0) is 65.3 Å². The molecule has 1 rings (SSSR count). The molecule has 0 atom stereocenters. The minimum Gasteiger partial charge on any atom is -0.444 e. The Morgan fingerprint density at radius 2 is 1.71 bits per heavy atom. The van der Waals surface area contributed by atoms with E-state index in [9.17, 15) is 18.0 Å². The normalized spacial score (nSPS) is 12.1. The highest BCUT2D eigenvalue weighted by Crippen LogP contribution is 2.19. The number of ether oxygens (including phenoxy) is 1. The third kappa shape index (κ3) is 7.85. The molecule has 0 aromatic heterocycles. The van der Waals surface area contributed by atoms with E-state index in [0.29, 0.717) is 18.7 Å². The summed E-state index contributed by atoms with van der Waals surface area (Å²) in [5, 5.41) is 5.30. The smallest absolute Gasteiger partial charge is 0.407 e. The van der Waals surface area contributed by atoms with Crippen LogP contribution in [-0.2, 0) is 19.6 Å². The molecule has 1 aromatic carbocycles. The number of hydrogen-bond acceptors (Lipinski definition) is 5. The third-order valence-electron chi connectivity index (χ3n) is 3.79. The first-order valence-electron chi connectivity index (χ1n) is 9.18. The van der Waals surface area contributed by atoms with E-state index in [4.69, 9.17) is 4.74 Å². The number of nitrogens with one attached hydrogen (secondary N) is 2. The minimum absolute atomic E-state index is 0.154. The first kappa shape index (κ1) is 23.9. The fourth-order valence-electron chi connectivity index (χ4n) is 2.13. The summed E-state index contributed by atoms with van der Waals surface area (Å²) in [5.74, 6) is -0.221. The average Bonchev–Trinajstić information content (AvgIpc) is 2.57. The molecule has 1 aromatic rings. The van der Waals surface area contributed by atoms with Gasteiger partial charge in [0.05, 0.1) is 4.90 Å². The standard InChI is InChI=1S/C19H31N3O5S/c1-14(2)22(6)28(25,26)16-11-9-15(10-12-16)21-17(23)8-7-13-20-18(24)27-19(3,4)5/h9-12,14H,7-8,13H2,1-6H3,(H,20,24)(H,21,23). The van der Waals surface area contributed by atoms with Crippen LogP contribution in [0, 0.1) is 0 Å². The molecule has 0 aliphatic rings. The molecular weight excluding hydrogens is 382 g/mol. The quantitative estimate of drug-likeness (QED) is 0.638. The summed E-state index contributed by atoms with van der Waals surface area (Å²) in [6.07, 6.45) is 0.152. The van der Waals surface area contributed by atoms with Gasteiger partial charge in [-0.2, -0.15) is 4.31 Å². The van der Waals surface area contributed by atoms with Crippen molar-refractivity contribution < 1.29 is 22.7 Å². The molecule has 0 saturated carbocycles. The summed E-state index contributed by atoms with van der Waals surface area (Å²) < 4.78 is 31.2. The predicted octanol–water partition coefficient (Wildman–Crippen LogP) is 2.96. The van der Waals surface area contributed by atoms with Crippen molar-refractivity contribution in [1.29, 1.82) is 0 Å². The van der Waals surface area contributed by atoms with Gasteiger partial charge in [0, 0.05) is 31.7 Å². The number of alkyl carbamates (subject to hydrolysis) is 1. The molecule has 0 fully saturated rings. The van der Waals surface area contributed by atoms with Crippen LogP contribution in [-0.4, -0.2) is 50.0 Å². The minimum atomic E-state index is -3.55. The number of nitrogens with zero attached hydrogens (tertiary/aromatic N) is 1. The summed E-state index contributed by atoms with van der Waals surface area (Å²) in [5.41, 5.74) is -0.0540. The lowest BCUT2D eigenvalue weighted by Crippen LogP contribution is -2.33. The van der Waals surface area contributed by atoms with E-state index >= 15 is 0 Å². The molecule has 9 heteroatoms. The van der Waals surface area contributed by atoms with Crippen molar-refractivity contribution in [2.45, 2.75) is 64.0 Å². The van der Waals surface area contributed by atoms with Crippen LogP contribution in [0.15, 0.2) is 29.2 Å². The summed E-state index contributed by atoms with van der Waals surface area (Å²) >= 11 is 0. The highest BCUT2D eigenvalue weighted by atomic mass is 32.2. The lowest BCUT2D eigenvalue weighted by molar-refractivity contribution is -0.116. The second-order valence-electron chi connectivity index (χ2n) is 7.72. The summed E-state index contributed by atoms with van der Waals surface area (Å²) in [6.45, 7) is 9.24. The van der Waals surface area contributed by atoms with Crippen LogP contribution in [0.2, 0.25) is 0 Å². The number of benzene rings is 1. The maximum Gasteiger partial charge on any atom is 0.407 e.